The first-order chi connectivity index (χ1) is 26.3. The van der Waals surface area contributed by atoms with Gasteiger partial charge in [0.25, 0.3) is 0 Å². The fraction of sp³-hybridized carbons (Fsp3) is 0.0192. The second-order valence-electron chi connectivity index (χ2n) is 14.2. The maximum Gasteiger partial charge on any atom is 0.0675 e. The fourth-order valence-electron chi connectivity index (χ4n) is 8.88. The molecule has 1 heteroatoms. The van der Waals surface area contributed by atoms with E-state index in [0.717, 1.165) is 17.0 Å². The van der Waals surface area contributed by atoms with Crippen LogP contribution >= 0.6 is 0 Å². The van der Waals surface area contributed by atoms with Crippen molar-refractivity contribution in [2.45, 2.75) is 0 Å². The monoisotopic (exact) mass is 671 g/mol. The summed E-state index contributed by atoms with van der Waals surface area (Å²) in [6.45, 7) is 0. The van der Waals surface area contributed by atoms with Crippen LogP contribution in [0.2, 0.25) is 0 Å². The molecule has 0 spiro atoms. The van der Waals surface area contributed by atoms with Gasteiger partial charge in [0.15, 0.2) is 0 Å². The number of benzene rings is 9. The van der Waals surface area contributed by atoms with Crippen LogP contribution < -0.4 is 0 Å². The van der Waals surface area contributed by atoms with Crippen molar-refractivity contribution < 1.29 is 0 Å². The summed E-state index contributed by atoms with van der Waals surface area (Å²) in [6, 6.07) is 60.6. The Morgan fingerprint density at radius 1 is 0.358 bits per heavy atom. The van der Waals surface area contributed by atoms with E-state index in [-0.39, 0.29) is 5.92 Å². The molecule has 53 heavy (non-hydrogen) atoms. The van der Waals surface area contributed by atoms with E-state index in [2.05, 4.69) is 194 Å². The number of allylic oxidation sites excluding steroid dienone is 5. The molecule has 1 atom stereocenters. The van der Waals surface area contributed by atoms with Gasteiger partial charge in [-0.1, -0.05) is 176 Å². The van der Waals surface area contributed by atoms with Gasteiger partial charge in [-0.05, 0) is 111 Å². The number of hydrogen-bond donors (Lipinski definition) is 0. The van der Waals surface area contributed by atoms with E-state index in [0.29, 0.717) is 0 Å². The summed E-state index contributed by atoms with van der Waals surface area (Å²) in [6.07, 6.45) is 10.8. The topological polar surface area (TPSA) is 12.4 Å². The van der Waals surface area contributed by atoms with Crippen LogP contribution in [0.1, 0.15) is 5.56 Å². The van der Waals surface area contributed by atoms with E-state index in [1.807, 2.05) is 0 Å². The molecule has 246 valence electrons. The minimum atomic E-state index is 0.268. The second kappa shape index (κ2) is 11.9. The molecule has 1 heterocycles. The number of fused-ring (bicyclic) bond motifs is 6. The van der Waals surface area contributed by atoms with Crippen molar-refractivity contribution in [3.63, 3.8) is 0 Å². The average Bonchev–Trinajstić information content (AvgIpc) is 3.67. The first-order valence-corrected chi connectivity index (χ1v) is 18.4. The average molecular weight is 672 g/mol. The second-order valence-corrected chi connectivity index (χ2v) is 14.2. The molecule has 9 aromatic carbocycles. The zero-order valence-electron chi connectivity index (χ0n) is 29.0. The largest absolute Gasteiger partial charge is 0.252 e. The lowest BCUT2D eigenvalue weighted by Crippen LogP contribution is -2.04. The summed E-state index contributed by atoms with van der Waals surface area (Å²) in [5.74, 6) is 0.268. The first kappa shape index (κ1) is 29.9. The van der Waals surface area contributed by atoms with Crippen molar-refractivity contribution in [2.75, 3.05) is 0 Å². The molecule has 0 bridgehead atoms. The number of rotatable bonds is 4. The van der Waals surface area contributed by atoms with Crippen LogP contribution in [-0.2, 0) is 0 Å². The third-order valence-corrected chi connectivity index (χ3v) is 11.2. The van der Waals surface area contributed by atoms with Crippen LogP contribution in [0, 0.1) is 5.92 Å². The predicted octanol–water partition coefficient (Wildman–Crippen LogP) is 14.0. The fourth-order valence-corrected chi connectivity index (χ4v) is 8.88. The van der Waals surface area contributed by atoms with Crippen LogP contribution in [0.25, 0.3) is 92.9 Å². The highest BCUT2D eigenvalue weighted by molar-refractivity contribution is 6.30. The van der Waals surface area contributed by atoms with Crippen molar-refractivity contribution in [1.82, 2.24) is 0 Å². The highest BCUT2D eigenvalue weighted by Crippen LogP contribution is 2.50. The smallest absolute Gasteiger partial charge is 0.0675 e. The summed E-state index contributed by atoms with van der Waals surface area (Å²) in [5.41, 5.74) is 10.9. The molecule has 0 aromatic heterocycles. The Labute approximate surface area is 308 Å². The molecule has 1 nitrogen and oxygen atoms in total. The lowest BCUT2D eigenvalue weighted by Gasteiger charge is -2.22. The van der Waals surface area contributed by atoms with E-state index in [9.17, 15) is 0 Å². The Hall–Kier alpha value is -6.83. The molecule has 1 unspecified atom stereocenters. The van der Waals surface area contributed by atoms with Crippen LogP contribution in [0.4, 0.5) is 0 Å². The molecule has 0 amide bonds. The van der Waals surface area contributed by atoms with Gasteiger partial charge < -0.3 is 0 Å². The summed E-state index contributed by atoms with van der Waals surface area (Å²) in [5, 5.41) is 12.6. The quantitative estimate of drug-likeness (QED) is 0.165. The lowest BCUT2D eigenvalue weighted by molar-refractivity contribution is 1.17. The highest BCUT2D eigenvalue weighted by atomic mass is 14.8. The van der Waals surface area contributed by atoms with E-state index in [1.54, 1.807) is 0 Å². The van der Waals surface area contributed by atoms with Crippen molar-refractivity contribution >= 4 is 65.3 Å². The number of aliphatic imine (C=N–C) groups is 1. The minimum Gasteiger partial charge on any atom is -0.252 e. The van der Waals surface area contributed by atoms with E-state index in [1.165, 1.54) is 87.2 Å². The first-order valence-electron chi connectivity index (χ1n) is 18.4. The molecule has 1 aliphatic heterocycles. The van der Waals surface area contributed by atoms with Gasteiger partial charge in [0.2, 0.25) is 0 Å². The van der Waals surface area contributed by atoms with Gasteiger partial charge in [-0.3, -0.25) is 4.99 Å². The molecule has 0 fully saturated rings. The van der Waals surface area contributed by atoms with Gasteiger partial charge in [0, 0.05) is 5.92 Å². The Balaban J connectivity index is 1.17. The molecular formula is C52H33N. The highest BCUT2D eigenvalue weighted by Gasteiger charge is 2.23. The van der Waals surface area contributed by atoms with Crippen molar-refractivity contribution in [3.8, 4) is 33.4 Å². The normalized spacial score (nSPS) is 15.1. The molecular weight excluding hydrogens is 639 g/mol. The van der Waals surface area contributed by atoms with Gasteiger partial charge >= 0.3 is 0 Å². The van der Waals surface area contributed by atoms with Gasteiger partial charge in [0.05, 0.1) is 11.4 Å². The third kappa shape index (κ3) is 4.68. The van der Waals surface area contributed by atoms with Crippen LogP contribution in [0.3, 0.4) is 0 Å². The minimum absolute atomic E-state index is 0.268. The van der Waals surface area contributed by atoms with Gasteiger partial charge in [-0.25, -0.2) is 0 Å². The van der Waals surface area contributed by atoms with Crippen molar-refractivity contribution in [2.24, 2.45) is 10.9 Å². The predicted molar refractivity (Wildman–Crippen MR) is 227 cm³/mol. The van der Waals surface area contributed by atoms with E-state index >= 15 is 0 Å². The molecule has 11 rings (SSSR count). The van der Waals surface area contributed by atoms with Crippen molar-refractivity contribution in [3.05, 3.63) is 200 Å². The van der Waals surface area contributed by atoms with Crippen LogP contribution in [0.15, 0.2) is 199 Å². The Morgan fingerprint density at radius 2 is 0.792 bits per heavy atom. The lowest BCUT2D eigenvalue weighted by atomic mass is 9.81. The van der Waals surface area contributed by atoms with Gasteiger partial charge in [0.1, 0.15) is 0 Å². The summed E-state index contributed by atoms with van der Waals surface area (Å²) in [4.78, 5) is 4.96. The zero-order chi connectivity index (χ0) is 34.9. The maximum atomic E-state index is 4.96. The zero-order valence-corrected chi connectivity index (χ0v) is 29.0. The molecule has 0 N–H and O–H groups in total. The summed E-state index contributed by atoms with van der Waals surface area (Å²) < 4.78 is 0. The molecule has 9 aromatic rings. The molecule has 0 radical (unpaired) electrons. The molecule has 1 aliphatic carbocycles. The Kier molecular flexibility index (Phi) is 6.69. The molecule has 2 aliphatic rings. The Bertz CT molecular complexity index is 2980. The molecule has 0 saturated carbocycles. The van der Waals surface area contributed by atoms with E-state index < -0.39 is 0 Å². The van der Waals surface area contributed by atoms with Crippen LogP contribution in [0.5, 0.6) is 0 Å². The summed E-state index contributed by atoms with van der Waals surface area (Å²) in [7, 11) is 0. The van der Waals surface area contributed by atoms with Gasteiger partial charge in [-0.2, -0.15) is 0 Å². The van der Waals surface area contributed by atoms with E-state index in [4.69, 9.17) is 4.99 Å². The number of hydrogen-bond acceptors (Lipinski definition) is 1. The standard InChI is InChI=1S/C52H33N/c1-2-14-36-31-38(30-25-33(36)13-1)50-41-18-6-10-22-45(41)52(46-23-11-7-19-42(46)50)51-43-20-8-4-16-39(43)49(40-17-5-9-21-44(40)51)35-28-26-34(27-29-35)48-32-37-15-3-12-24-47(37)53-48/h1-32,37H. The van der Waals surface area contributed by atoms with Crippen molar-refractivity contribution in [1.29, 1.82) is 0 Å². The SMILES string of the molecule is C1=CC2=NC(c3ccc(-c4c5ccccc5c(-c5c6ccccc6c(-c6ccc7ccccc7c6)c6ccccc56)c5ccccc45)cc3)=CC2C=C1. The maximum absolute atomic E-state index is 4.96. The number of nitrogens with zero attached hydrogens (tertiary/aromatic N) is 1. The van der Waals surface area contributed by atoms with Crippen LogP contribution in [-0.4, -0.2) is 5.71 Å². The molecule has 0 saturated heterocycles. The summed E-state index contributed by atoms with van der Waals surface area (Å²) >= 11 is 0. The Morgan fingerprint density at radius 3 is 1.32 bits per heavy atom. The third-order valence-electron chi connectivity index (χ3n) is 11.2. The van der Waals surface area contributed by atoms with Gasteiger partial charge in [-0.15, -0.1) is 0 Å².